The monoisotopic (exact) mass is 573 g/mol. The van der Waals surface area contributed by atoms with Gasteiger partial charge in [-0.15, -0.1) is 23.1 Å². The molecule has 0 radical (unpaired) electrons. The number of carboxylic acid groups (broad SMARTS) is 1. The van der Waals surface area contributed by atoms with Crippen LogP contribution in [-0.2, 0) is 20.9 Å². The van der Waals surface area contributed by atoms with E-state index in [9.17, 15) is 34.7 Å². The molecule has 3 aromatic rings. The molecule has 2 amide bonds. The third kappa shape index (κ3) is 5.07. The van der Waals surface area contributed by atoms with Gasteiger partial charge in [0.1, 0.15) is 28.5 Å². The molecule has 2 aromatic heterocycles. The number of nitro groups is 1. The number of hydrogen-bond donors (Lipinski definition) is 3. The van der Waals surface area contributed by atoms with Crippen LogP contribution >= 0.6 is 23.1 Å². The van der Waals surface area contributed by atoms with Crippen LogP contribution in [0.3, 0.4) is 0 Å². The van der Waals surface area contributed by atoms with E-state index in [0.717, 1.165) is 4.83 Å². The second-order valence-corrected chi connectivity index (χ2v) is 11.1. The third-order valence-electron chi connectivity index (χ3n) is 6.54. The average molecular weight is 574 g/mol. The van der Waals surface area contributed by atoms with Crippen molar-refractivity contribution in [3.63, 3.8) is 0 Å². The van der Waals surface area contributed by atoms with Gasteiger partial charge in [-0.1, -0.05) is 0 Å². The molecule has 0 saturated carbocycles. The van der Waals surface area contributed by atoms with E-state index >= 15 is 0 Å². The standard InChI is InChI=1S/C24H23N5O8S2/c1-12(30)18-16-8-15(19(23(32)33)28(16)21(18)31)17-9-27-11-26-20(22(27)39-17)38-7-6-25-24(34)37-10-13-2-4-14(5-3-13)29(35)36/h2-5,9,11-12,16,18,30H,6-8,10H2,1H3,(H,25,34)(H,32,33)/t12-,16-,18-/m1/s1. The van der Waals surface area contributed by atoms with Crippen LogP contribution in [0.4, 0.5) is 10.5 Å². The summed E-state index contributed by atoms with van der Waals surface area (Å²) < 4.78 is 6.93. The van der Waals surface area contributed by atoms with Crippen molar-refractivity contribution in [2.24, 2.45) is 5.92 Å². The van der Waals surface area contributed by atoms with Crippen molar-refractivity contribution in [2.45, 2.75) is 37.1 Å². The number of carbonyl (C=O) groups excluding carboxylic acids is 2. The highest BCUT2D eigenvalue weighted by atomic mass is 32.2. The number of rotatable bonds is 10. The lowest BCUT2D eigenvalue weighted by molar-refractivity contribution is -0.384. The first-order chi connectivity index (χ1) is 18.7. The summed E-state index contributed by atoms with van der Waals surface area (Å²) in [5, 5.41) is 33.8. The summed E-state index contributed by atoms with van der Waals surface area (Å²) in [7, 11) is 0. The smallest absolute Gasteiger partial charge is 0.407 e. The number of thioether (sulfide) groups is 1. The molecule has 1 fully saturated rings. The van der Waals surface area contributed by atoms with Gasteiger partial charge in [-0.2, -0.15) is 0 Å². The number of aliphatic hydroxyl groups is 1. The number of nitrogens with one attached hydrogen (secondary N) is 1. The topological polar surface area (TPSA) is 177 Å². The van der Waals surface area contributed by atoms with Crippen molar-refractivity contribution in [3.8, 4) is 0 Å². The number of hydrogen-bond acceptors (Lipinski definition) is 10. The molecule has 5 rings (SSSR count). The highest BCUT2D eigenvalue weighted by molar-refractivity contribution is 7.99. The van der Waals surface area contributed by atoms with Crippen LogP contribution in [0.2, 0.25) is 0 Å². The van der Waals surface area contributed by atoms with E-state index in [1.807, 2.05) is 0 Å². The number of β-lactam (4-membered cyclic amide) rings is 1. The van der Waals surface area contributed by atoms with Gasteiger partial charge in [-0.25, -0.2) is 14.6 Å². The number of aliphatic hydroxyl groups excluding tert-OH is 1. The first-order valence-corrected chi connectivity index (χ1v) is 13.7. The van der Waals surface area contributed by atoms with Crippen molar-refractivity contribution < 1.29 is 34.3 Å². The summed E-state index contributed by atoms with van der Waals surface area (Å²) in [4.78, 5) is 53.9. The van der Waals surface area contributed by atoms with Crippen molar-refractivity contribution in [1.29, 1.82) is 0 Å². The number of nitrogens with zero attached hydrogens (tertiary/aromatic N) is 4. The summed E-state index contributed by atoms with van der Waals surface area (Å²) in [5.41, 5.74) is 1.10. The Balaban J connectivity index is 1.17. The van der Waals surface area contributed by atoms with Gasteiger partial charge in [-0.05, 0) is 31.0 Å². The molecule has 0 spiro atoms. The van der Waals surface area contributed by atoms with E-state index in [-0.39, 0.29) is 29.9 Å². The predicted molar refractivity (Wildman–Crippen MR) is 140 cm³/mol. The zero-order valence-electron chi connectivity index (χ0n) is 20.5. The van der Waals surface area contributed by atoms with Crippen LogP contribution in [0.1, 0.15) is 23.8 Å². The first kappa shape index (κ1) is 26.6. The largest absolute Gasteiger partial charge is 0.477 e. The molecule has 0 aliphatic carbocycles. The third-order valence-corrected chi connectivity index (χ3v) is 8.81. The molecule has 0 unspecified atom stereocenters. The zero-order chi connectivity index (χ0) is 27.8. The molecule has 204 valence electrons. The van der Waals surface area contributed by atoms with Crippen molar-refractivity contribution >= 4 is 57.2 Å². The van der Waals surface area contributed by atoms with Crippen LogP contribution < -0.4 is 5.32 Å². The Bertz CT molecular complexity index is 1500. The molecule has 2 aliphatic rings. The maximum atomic E-state index is 12.5. The molecule has 13 nitrogen and oxygen atoms in total. The Labute approximate surface area is 229 Å². The van der Waals surface area contributed by atoms with Gasteiger partial charge < -0.3 is 25.2 Å². The van der Waals surface area contributed by atoms with Crippen LogP contribution in [0, 0.1) is 16.0 Å². The minimum Gasteiger partial charge on any atom is -0.477 e. The van der Waals surface area contributed by atoms with E-state index in [1.54, 1.807) is 16.9 Å². The van der Waals surface area contributed by atoms with Crippen molar-refractivity contribution in [1.82, 2.24) is 19.6 Å². The number of alkyl carbamates (subject to hydrolysis) is 1. The lowest BCUT2D eigenvalue weighted by Crippen LogP contribution is -2.61. The fourth-order valence-electron chi connectivity index (χ4n) is 4.72. The number of benzene rings is 1. The molecule has 1 aromatic carbocycles. The van der Waals surface area contributed by atoms with Gasteiger partial charge in [0, 0.05) is 36.2 Å². The number of fused-ring (bicyclic) bond motifs is 2. The lowest BCUT2D eigenvalue weighted by atomic mass is 9.83. The van der Waals surface area contributed by atoms with Gasteiger partial charge in [0.2, 0.25) is 5.91 Å². The average Bonchev–Trinajstić information content (AvgIpc) is 3.57. The highest BCUT2D eigenvalue weighted by Crippen LogP contribution is 2.48. The van der Waals surface area contributed by atoms with Gasteiger partial charge in [0.05, 0.1) is 27.9 Å². The Morgan fingerprint density at radius 2 is 2.10 bits per heavy atom. The van der Waals surface area contributed by atoms with E-state index < -0.39 is 29.0 Å². The van der Waals surface area contributed by atoms with Crippen LogP contribution in [0.15, 0.2) is 47.5 Å². The first-order valence-electron chi connectivity index (χ1n) is 11.9. The predicted octanol–water partition coefficient (Wildman–Crippen LogP) is 2.73. The lowest BCUT2D eigenvalue weighted by Gasteiger charge is -2.44. The quantitative estimate of drug-likeness (QED) is 0.107. The minimum atomic E-state index is -1.18. The number of aromatic nitrogens is 2. The van der Waals surface area contributed by atoms with Gasteiger partial charge in [-0.3, -0.25) is 19.3 Å². The van der Waals surface area contributed by atoms with Crippen LogP contribution in [-0.4, -0.2) is 71.8 Å². The maximum Gasteiger partial charge on any atom is 0.407 e. The molecular weight excluding hydrogens is 550 g/mol. The Morgan fingerprint density at radius 1 is 1.36 bits per heavy atom. The Kier molecular flexibility index (Phi) is 7.29. The number of carboxylic acids is 1. The minimum absolute atomic E-state index is 0.0212. The van der Waals surface area contributed by atoms with Gasteiger partial charge in [0.15, 0.2) is 0 Å². The summed E-state index contributed by atoms with van der Waals surface area (Å²) in [6, 6.07) is 5.36. The van der Waals surface area contributed by atoms with Crippen LogP contribution in [0.25, 0.3) is 10.4 Å². The molecule has 4 heterocycles. The number of ether oxygens (including phenoxy) is 1. The Hall–Kier alpha value is -3.95. The van der Waals surface area contributed by atoms with E-state index in [4.69, 9.17) is 4.74 Å². The number of nitro benzene ring substituents is 1. The van der Waals surface area contributed by atoms with E-state index in [0.29, 0.717) is 39.8 Å². The number of imidazole rings is 1. The van der Waals surface area contributed by atoms with E-state index in [2.05, 4.69) is 10.3 Å². The van der Waals surface area contributed by atoms with Gasteiger partial charge >= 0.3 is 12.1 Å². The molecule has 0 bridgehead atoms. The summed E-state index contributed by atoms with van der Waals surface area (Å²) in [6.07, 6.45) is 2.29. The molecule has 3 atom stereocenters. The summed E-state index contributed by atoms with van der Waals surface area (Å²) >= 11 is 2.78. The van der Waals surface area contributed by atoms with Crippen LogP contribution in [0.5, 0.6) is 0 Å². The molecule has 39 heavy (non-hydrogen) atoms. The number of amides is 2. The number of thiazole rings is 1. The normalized spacial score (nSPS) is 19.1. The highest BCUT2D eigenvalue weighted by Gasteiger charge is 2.57. The Morgan fingerprint density at radius 3 is 2.77 bits per heavy atom. The van der Waals surface area contributed by atoms with Crippen molar-refractivity contribution in [3.05, 3.63) is 63.0 Å². The van der Waals surface area contributed by atoms with E-state index in [1.165, 1.54) is 59.2 Å². The number of aliphatic carboxylic acids is 1. The summed E-state index contributed by atoms with van der Waals surface area (Å²) in [6.45, 7) is 1.82. The second-order valence-electron chi connectivity index (χ2n) is 9.01. The molecule has 1 saturated heterocycles. The fourth-order valence-corrected chi connectivity index (χ4v) is 6.79. The number of carbonyl (C=O) groups is 3. The van der Waals surface area contributed by atoms with Crippen molar-refractivity contribution in [2.75, 3.05) is 12.3 Å². The molecule has 15 heteroatoms. The number of non-ortho nitro benzene ring substituents is 1. The molecule has 2 aliphatic heterocycles. The summed E-state index contributed by atoms with van der Waals surface area (Å²) in [5.74, 6) is -1.66. The SMILES string of the molecule is C[C@@H](O)[C@H]1C(=O)N2C(C(=O)O)=C(c3cn4cnc(SCCNC(=O)OCc5ccc([N+](=O)[O-])cc5)c4s3)C[C@H]12. The van der Waals surface area contributed by atoms with Gasteiger partial charge in [0.25, 0.3) is 5.69 Å². The molecular formula is C24H23N5O8S2. The zero-order valence-corrected chi connectivity index (χ0v) is 22.1. The fraction of sp³-hybridized carbons (Fsp3) is 0.333. The molecule has 3 N–H and O–H groups in total. The second kappa shape index (κ2) is 10.7. The maximum absolute atomic E-state index is 12.5.